The standard InChI is InChI=1S/C12H11NO2/c13-12(14)7-5-9-8-3-1-2-4-10(8)15-11(9)6-7/h1-4,7H,5-6H2,(H2,13,14). The van der Waals surface area contributed by atoms with Gasteiger partial charge in [-0.05, 0) is 12.5 Å². The van der Waals surface area contributed by atoms with Crippen LogP contribution in [0.2, 0.25) is 0 Å². The first kappa shape index (κ1) is 8.53. The molecular formula is C12H11NO2. The van der Waals surface area contributed by atoms with E-state index >= 15 is 0 Å². The summed E-state index contributed by atoms with van der Waals surface area (Å²) >= 11 is 0. The first-order valence-electron chi connectivity index (χ1n) is 5.04. The number of para-hydroxylation sites is 1. The van der Waals surface area contributed by atoms with Crippen LogP contribution in [0.15, 0.2) is 28.7 Å². The van der Waals surface area contributed by atoms with Gasteiger partial charge in [0.25, 0.3) is 0 Å². The van der Waals surface area contributed by atoms with Crippen molar-refractivity contribution in [1.29, 1.82) is 0 Å². The van der Waals surface area contributed by atoms with Crippen molar-refractivity contribution < 1.29 is 9.21 Å². The summed E-state index contributed by atoms with van der Waals surface area (Å²) in [5, 5.41) is 1.12. The average Bonchev–Trinajstić information content (AvgIpc) is 2.73. The number of furan rings is 1. The molecule has 0 bridgehead atoms. The molecule has 1 unspecified atom stereocenters. The number of hydrogen-bond acceptors (Lipinski definition) is 2. The van der Waals surface area contributed by atoms with E-state index in [1.54, 1.807) is 0 Å². The highest BCUT2D eigenvalue weighted by atomic mass is 16.3. The van der Waals surface area contributed by atoms with Gasteiger partial charge >= 0.3 is 0 Å². The molecule has 2 N–H and O–H groups in total. The van der Waals surface area contributed by atoms with E-state index in [1.807, 2.05) is 24.3 Å². The molecular weight excluding hydrogens is 190 g/mol. The molecule has 1 heterocycles. The van der Waals surface area contributed by atoms with Gasteiger partial charge in [-0.1, -0.05) is 18.2 Å². The Labute approximate surface area is 86.9 Å². The summed E-state index contributed by atoms with van der Waals surface area (Å²) < 4.78 is 5.68. The number of amides is 1. The maximum absolute atomic E-state index is 11.1. The minimum Gasteiger partial charge on any atom is -0.461 e. The molecule has 1 aliphatic carbocycles. The lowest BCUT2D eigenvalue weighted by Crippen LogP contribution is -2.23. The lowest BCUT2D eigenvalue weighted by molar-refractivity contribution is -0.121. The van der Waals surface area contributed by atoms with Crippen LogP contribution in [0.4, 0.5) is 0 Å². The van der Waals surface area contributed by atoms with Crippen LogP contribution in [0.5, 0.6) is 0 Å². The number of fused-ring (bicyclic) bond motifs is 3. The third-order valence-electron chi connectivity index (χ3n) is 3.07. The minimum absolute atomic E-state index is 0.0802. The van der Waals surface area contributed by atoms with Crippen LogP contribution in [0.3, 0.4) is 0 Å². The second-order valence-corrected chi connectivity index (χ2v) is 4.01. The third-order valence-corrected chi connectivity index (χ3v) is 3.07. The Morgan fingerprint density at radius 1 is 1.33 bits per heavy atom. The van der Waals surface area contributed by atoms with Crippen LogP contribution in [-0.2, 0) is 17.6 Å². The number of hydrogen-bond donors (Lipinski definition) is 1. The number of carbonyl (C=O) groups is 1. The zero-order valence-electron chi connectivity index (χ0n) is 8.19. The fraction of sp³-hybridized carbons (Fsp3) is 0.250. The molecule has 3 heteroatoms. The summed E-state index contributed by atoms with van der Waals surface area (Å²) in [5.41, 5.74) is 7.37. The molecule has 1 atom stereocenters. The summed E-state index contributed by atoms with van der Waals surface area (Å²) in [6.07, 6.45) is 1.38. The van der Waals surface area contributed by atoms with E-state index in [1.165, 1.54) is 0 Å². The van der Waals surface area contributed by atoms with Crippen LogP contribution in [0.25, 0.3) is 11.0 Å². The summed E-state index contributed by atoms with van der Waals surface area (Å²) in [6, 6.07) is 7.91. The molecule has 0 aliphatic heterocycles. The van der Waals surface area contributed by atoms with Gasteiger partial charge in [-0.15, -0.1) is 0 Å². The Kier molecular flexibility index (Phi) is 1.63. The first-order chi connectivity index (χ1) is 7.25. The lowest BCUT2D eigenvalue weighted by Gasteiger charge is -2.01. The van der Waals surface area contributed by atoms with E-state index in [9.17, 15) is 4.79 Å². The molecule has 2 aromatic rings. The predicted octanol–water partition coefficient (Wildman–Crippen LogP) is 1.63. The Morgan fingerprint density at radius 2 is 2.13 bits per heavy atom. The molecule has 15 heavy (non-hydrogen) atoms. The molecule has 1 aliphatic rings. The molecule has 0 spiro atoms. The first-order valence-corrected chi connectivity index (χ1v) is 5.04. The minimum atomic E-state index is -0.231. The molecule has 0 fully saturated rings. The van der Waals surface area contributed by atoms with Gasteiger partial charge in [0.15, 0.2) is 0 Å². The molecule has 0 saturated heterocycles. The van der Waals surface area contributed by atoms with Crippen LogP contribution in [0, 0.1) is 5.92 Å². The Bertz CT molecular complexity index is 542. The highest BCUT2D eigenvalue weighted by molar-refractivity contribution is 5.86. The molecule has 1 aromatic carbocycles. The van der Waals surface area contributed by atoms with E-state index in [-0.39, 0.29) is 11.8 Å². The quantitative estimate of drug-likeness (QED) is 0.762. The smallest absolute Gasteiger partial charge is 0.221 e. The van der Waals surface area contributed by atoms with Crippen LogP contribution < -0.4 is 5.73 Å². The van der Waals surface area contributed by atoms with E-state index < -0.39 is 0 Å². The second kappa shape index (κ2) is 2.86. The number of benzene rings is 1. The van der Waals surface area contributed by atoms with Crippen molar-refractivity contribution in [2.75, 3.05) is 0 Å². The summed E-state index contributed by atoms with van der Waals surface area (Å²) in [5.74, 6) is 0.619. The zero-order valence-corrected chi connectivity index (χ0v) is 8.19. The van der Waals surface area contributed by atoms with Gasteiger partial charge in [0.05, 0.1) is 0 Å². The van der Waals surface area contributed by atoms with Gasteiger partial charge in [0.1, 0.15) is 11.3 Å². The van der Waals surface area contributed by atoms with Crippen molar-refractivity contribution in [2.24, 2.45) is 11.7 Å². The largest absolute Gasteiger partial charge is 0.461 e. The fourth-order valence-electron chi connectivity index (χ4n) is 2.28. The van der Waals surface area contributed by atoms with Crippen molar-refractivity contribution in [1.82, 2.24) is 0 Å². The highest BCUT2D eigenvalue weighted by Crippen LogP contribution is 2.35. The summed E-state index contributed by atoms with van der Waals surface area (Å²) in [6.45, 7) is 0. The van der Waals surface area contributed by atoms with Gasteiger partial charge in [-0.2, -0.15) is 0 Å². The van der Waals surface area contributed by atoms with Gasteiger partial charge in [0, 0.05) is 23.3 Å². The molecule has 0 radical (unpaired) electrons. The van der Waals surface area contributed by atoms with Gasteiger partial charge in [-0.3, -0.25) is 4.79 Å². The number of rotatable bonds is 1. The van der Waals surface area contributed by atoms with Crippen LogP contribution in [0.1, 0.15) is 11.3 Å². The predicted molar refractivity (Wildman–Crippen MR) is 56.3 cm³/mol. The highest BCUT2D eigenvalue weighted by Gasteiger charge is 2.30. The Hall–Kier alpha value is -1.77. The zero-order chi connectivity index (χ0) is 10.4. The maximum atomic E-state index is 11.1. The Morgan fingerprint density at radius 3 is 2.93 bits per heavy atom. The number of primary amides is 1. The number of carbonyl (C=O) groups excluding carboxylic acids is 1. The van der Waals surface area contributed by atoms with Gasteiger partial charge in [-0.25, -0.2) is 0 Å². The molecule has 76 valence electrons. The SMILES string of the molecule is NC(=O)C1Cc2oc3ccccc3c2C1. The normalized spacial score (nSPS) is 19.3. The van der Waals surface area contributed by atoms with Crippen molar-refractivity contribution in [3.05, 3.63) is 35.6 Å². The van der Waals surface area contributed by atoms with E-state index in [4.69, 9.17) is 10.2 Å². The average molecular weight is 201 g/mol. The van der Waals surface area contributed by atoms with Crippen molar-refractivity contribution >= 4 is 16.9 Å². The number of nitrogens with two attached hydrogens (primary N) is 1. The van der Waals surface area contributed by atoms with Crippen LogP contribution >= 0.6 is 0 Å². The van der Waals surface area contributed by atoms with Crippen LogP contribution in [-0.4, -0.2) is 5.91 Å². The third kappa shape index (κ3) is 1.16. The van der Waals surface area contributed by atoms with E-state index in [0.717, 1.165) is 28.7 Å². The molecule has 1 aromatic heterocycles. The van der Waals surface area contributed by atoms with Gasteiger partial charge in [0.2, 0.25) is 5.91 Å². The lowest BCUT2D eigenvalue weighted by atomic mass is 10.0. The van der Waals surface area contributed by atoms with Crippen molar-refractivity contribution in [3.63, 3.8) is 0 Å². The molecule has 3 nitrogen and oxygen atoms in total. The summed E-state index contributed by atoms with van der Waals surface area (Å²) in [4.78, 5) is 11.1. The molecule has 1 amide bonds. The Balaban J connectivity index is 2.12. The molecule has 3 rings (SSSR count). The summed E-state index contributed by atoms with van der Waals surface area (Å²) in [7, 11) is 0. The second-order valence-electron chi connectivity index (χ2n) is 4.01. The van der Waals surface area contributed by atoms with Gasteiger partial charge < -0.3 is 10.2 Å². The van der Waals surface area contributed by atoms with E-state index in [0.29, 0.717) is 6.42 Å². The van der Waals surface area contributed by atoms with Crippen molar-refractivity contribution in [3.8, 4) is 0 Å². The van der Waals surface area contributed by atoms with E-state index in [2.05, 4.69) is 0 Å². The van der Waals surface area contributed by atoms with Crippen molar-refractivity contribution in [2.45, 2.75) is 12.8 Å². The maximum Gasteiger partial charge on any atom is 0.221 e. The monoisotopic (exact) mass is 201 g/mol. The fourth-order valence-corrected chi connectivity index (χ4v) is 2.28. The molecule has 0 saturated carbocycles. The topological polar surface area (TPSA) is 56.2 Å².